The van der Waals surface area contributed by atoms with Crippen LogP contribution in [0.4, 0.5) is 5.69 Å². The molecule has 5 rings (SSSR count). The van der Waals surface area contributed by atoms with Crippen molar-refractivity contribution < 1.29 is 9.05 Å². The lowest BCUT2D eigenvalue weighted by molar-refractivity contribution is -0.0158. The number of fused-ring (bicyclic) bond motifs is 1. The number of pyridine rings is 1. The molecule has 0 amide bonds. The van der Waals surface area contributed by atoms with E-state index in [-0.39, 0.29) is 0 Å². The van der Waals surface area contributed by atoms with E-state index < -0.39 is 16.4 Å². The molecule has 28 heavy (non-hydrogen) atoms. The van der Waals surface area contributed by atoms with Gasteiger partial charge in [0.25, 0.3) is 0 Å². The zero-order valence-corrected chi connectivity index (χ0v) is 17.1. The Hall–Kier alpha value is -1.93. The first-order chi connectivity index (χ1) is 13.7. The molecule has 0 bridgehead atoms. The Balaban J connectivity index is 1.57. The smallest absolute Gasteiger partial charge is 0.159 e. The zero-order chi connectivity index (χ0) is 19.1. The maximum atomic E-state index is 11.9. The Morgan fingerprint density at radius 3 is 2.96 bits per heavy atom. The van der Waals surface area contributed by atoms with E-state index in [1.54, 1.807) is 0 Å². The first-order valence-corrected chi connectivity index (χ1v) is 11.8. The topological polar surface area (TPSA) is 81.1 Å². The highest BCUT2D eigenvalue weighted by Crippen LogP contribution is 2.38. The molecule has 2 fully saturated rings. The van der Waals surface area contributed by atoms with Crippen molar-refractivity contribution in [3.05, 3.63) is 24.0 Å². The lowest BCUT2D eigenvalue weighted by Crippen LogP contribution is -2.30. The summed E-state index contributed by atoms with van der Waals surface area (Å²) in [6.07, 6.45) is 13.0. The van der Waals surface area contributed by atoms with Crippen molar-refractivity contribution in [1.29, 1.82) is 0 Å². The van der Waals surface area contributed by atoms with E-state index in [0.717, 1.165) is 40.9 Å². The van der Waals surface area contributed by atoms with Gasteiger partial charge in [-0.3, -0.25) is 14.5 Å². The molecule has 2 N–H and O–H groups in total. The molecule has 3 aliphatic rings. The predicted octanol–water partition coefficient (Wildman–Crippen LogP) is 2.96. The summed E-state index contributed by atoms with van der Waals surface area (Å²) in [5, 5.41) is 9.37. The Morgan fingerprint density at radius 1 is 1.36 bits per heavy atom. The summed E-state index contributed by atoms with van der Waals surface area (Å²) in [6, 6.07) is 0.471. The van der Waals surface area contributed by atoms with Crippen LogP contribution < -0.4 is 10.8 Å². The summed E-state index contributed by atoms with van der Waals surface area (Å²) in [4.78, 5) is 10.6. The monoisotopic (exact) mass is 401 g/mol. The lowest BCUT2D eigenvalue weighted by atomic mass is 9.94. The first kappa shape index (κ1) is 18.1. The Kier molecular flexibility index (Phi) is 4.63. The molecule has 7 nitrogen and oxygen atoms in total. The van der Waals surface area contributed by atoms with Gasteiger partial charge in [-0.05, 0) is 32.3 Å². The van der Waals surface area contributed by atoms with Gasteiger partial charge in [-0.25, -0.2) is 9.67 Å². The second-order valence-corrected chi connectivity index (χ2v) is 9.67. The molecule has 1 saturated carbocycles. The van der Waals surface area contributed by atoms with Gasteiger partial charge in [-0.15, -0.1) is 0 Å². The summed E-state index contributed by atoms with van der Waals surface area (Å²) >= 11 is 0. The van der Waals surface area contributed by atoms with Gasteiger partial charge in [-0.1, -0.05) is 19.3 Å². The van der Waals surface area contributed by atoms with E-state index in [1.807, 2.05) is 17.1 Å². The molecule has 8 heteroatoms. The van der Waals surface area contributed by atoms with Crippen LogP contribution in [-0.2, 0) is 22.2 Å². The zero-order valence-electron chi connectivity index (χ0n) is 16.2. The number of hydroxylamine groups is 1. The van der Waals surface area contributed by atoms with Crippen LogP contribution in [0.2, 0.25) is 0 Å². The van der Waals surface area contributed by atoms with E-state index >= 15 is 0 Å². The largest absolute Gasteiger partial charge is 0.381 e. The van der Waals surface area contributed by atoms with E-state index in [1.165, 1.54) is 32.1 Å². The summed E-state index contributed by atoms with van der Waals surface area (Å²) in [5.74, 6) is 1.25. The molecule has 1 saturated heterocycles. The van der Waals surface area contributed by atoms with E-state index in [9.17, 15) is 4.21 Å². The minimum Gasteiger partial charge on any atom is -0.381 e. The van der Waals surface area contributed by atoms with Crippen LogP contribution in [0.1, 0.15) is 51.0 Å². The molecule has 4 heterocycles. The first-order valence-electron chi connectivity index (χ1n) is 10.3. The van der Waals surface area contributed by atoms with Crippen molar-refractivity contribution in [2.75, 3.05) is 16.8 Å². The SMILES string of the molecule is CCn1ncc2c(NC3CCCCC3)c(C3=CC4(CCS(=O)C4)ON3)cnc21. The van der Waals surface area contributed by atoms with E-state index in [0.29, 0.717) is 17.5 Å². The number of nitrogens with one attached hydrogen (secondary N) is 2. The second kappa shape index (κ2) is 7.15. The molecule has 1 aliphatic carbocycles. The van der Waals surface area contributed by atoms with Crippen molar-refractivity contribution in [2.24, 2.45) is 0 Å². The van der Waals surface area contributed by atoms with Crippen LogP contribution in [0.3, 0.4) is 0 Å². The van der Waals surface area contributed by atoms with Crippen LogP contribution in [0.5, 0.6) is 0 Å². The third kappa shape index (κ3) is 3.12. The molecular weight excluding hydrogens is 374 g/mol. The summed E-state index contributed by atoms with van der Waals surface area (Å²) in [6.45, 7) is 2.87. The predicted molar refractivity (Wildman–Crippen MR) is 111 cm³/mol. The van der Waals surface area contributed by atoms with Crippen LogP contribution in [0.15, 0.2) is 18.5 Å². The normalized spacial score (nSPS) is 28.0. The van der Waals surface area contributed by atoms with Gasteiger partial charge < -0.3 is 5.32 Å². The quantitative estimate of drug-likeness (QED) is 0.820. The molecule has 1 spiro atoms. The van der Waals surface area contributed by atoms with Gasteiger partial charge >= 0.3 is 0 Å². The van der Waals surface area contributed by atoms with Gasteiger partial charge in [0.2, 0.25) is 0 Å². The standard InChI is InChI=1S/C20H27N5O2S/c1-2-25-19-16(12-22-25)18(23-14-6-4-3-5-7-14)15(11-21-19)17-10-20(27-24-17)8-9-28(26)13-20/h10-12,14,24H,2-9,13H2,1H3,(H,21,23). The molecule has 150 valence electrons. The summed E-state index contributed by atoms with van der Waals surface area (Å²) in [7, 11) is -0.809. The third-order valence-electron chi connectivity index (χ3n) is 6.14. The van der Waals surface area contributed by atoms with Crippen LogP contribution >= 0.6 is 0 Å². The van der Waals surface area contributed by atoms with Crippen molar-refractivity contribution in [2.45, 2.75) is 63.6 Å². The summed E-state index contributed by atoms with van der Waals surface area (Å²) in [5.41, 5.74) is 6.55. The van der Waals surface area contributed by atoms with E-state index in [4.69, 9.17) is 9.82 Å². The Bertz CT molecular complexity index is 949. The molecule has 2 atom stereocenters. The number of hydrogen-bond donors (Lipinski definition) is 2. The van der Waals surface area contributed by atoms with Gasteiger partial charge in [0.15, 0.2) is 5.65 Å². The highest BCUT2D eigenvalue weighted by Gasteiger charge is 2.42. The number of anilines is 1. The second-order valence-electron chi connectivity index (χ2n) is 8.09. The third-order valence-corrected chi connectivity index (χ3v) is 7.61. The van der Waals surface area contributed by atoms with Crippen molar-refractivity contribution >= 4 is 33.2 Å². The highest BCUT2D eigenvalue weighted by atomic mass is 32.2. The van der Waals surface area contributed by atoms with Crippen molar-refractivity contribution in [3.63, 3.8) is 0 Å². The number of aromatic nitrogens is 3. The number of hydrogen-bond acceptors (Lipinski definition) is 6. The minimum absolute atomic E-state index is 0.454. The van der Waals surface area contributed by atoms with Crippen molar-refractivity contribution in [3.8, 4) is 0 Å². The van der Waals surface area contributed by atoms with Gasteiger partial charge in [0.05, 0.1) is 28.7 Å². The molecule has 0 radical (unpaired) electrons. The average Bonchev–Trinajstić information content (AvgIpc) is 3.42. The Labute approximate surface area is 167 Å². The summed E-state index contributed by atoms with van der Waals surface area (Å²) < 4.78 is 13.9. The van der Waals surface area contributed by atoms with Gasteiger partial charge in [0.1, 0.15) is 5.60 Å². The lowest BCUT2D eigenvalue weighted by Gasteiger charge is -2.25. The number of rotatable bonds is 4. The van der Waals surface area contributed by atoms with Gasteiger partial charge in [-0.2, -0.15) is 5.10 Å². The fraction of sp³-hybridized carbons (Fsp3) is 0.600. The maximum Gasteiger partial charge on any atom is 0.159 e. The molecular formula is C20H27N5O2S. The number of aryl methyl sites for hydroxylation is 1. The van der Waals surface area contributed by atoms with Gasteiger partial charge in [0, 0.05) is 40.9 Å². The number of nitrogens with zero attached hydrogens (tertiary/aromatic N) is 3. The Morgan fingerprint density at radius 2 is 2.21 bits per heavy atom. The van der Waals surface area contributed by atoms with Crippen LogP contribution in [-0.4, -0.2) is 42.1 Å². The molecule has 2 aromatic heterocycles. The molecule has 2 aromatic rings. The van der Waals surface area contributed by atoms with Crippen LogP contribution in [0, 0.1) is 0 Å². The highest BCUT2D eigenvalue weighted by molar-refractivity contribution is 7.85. The van der Waals surface area contributed by atoms with Crippen LogP contribution in [0.25, 0.3) is 16.7 Å². The minimum atomic E-state index is -0.809. The fourth-order valence-electron chi connectivity index (χ4n) is 4.58. The average molecular weight is 402 g/mol. The van der Waals surface area contributed by atoms with E-state index in [2.05, 4.69) is 28.9 Å². The molecule has 0 aromatic carbocycles. The molecule has 2 unspecified atom stereocenters. The van der Waals surface area contributed by atoms with Crippen molar-refractivity contribution in [1.82, 2.24) is 20.2 Å². The molecule has 2 aliphatic heterocycles. The maximum absolute atomic E-state index is 11.9. The fourth-order valence-corrected chi connectivity index (χ4v) is 6.13.